The minimum absolute atomic E-state index is 0.679. The van der Waals surface area contributed by atoms with Crippen LogP contribution in [0.25, 0.3) is 0 Å². The molecule has 2 atom stereocenters. The third kappa shape index (κ3) is 1.16. The standard InChI is InChI=1S/C9H19N3/c1-8-4-6-10(2)9-5-7-11(3)12(8)9/h8-9H,4-7H2,1-3H3. The zero-order valence-corrected chi connectivity index (χ0v) is 8.32. The number of fused-ring (bicyclic) bond motifs is 1. The van der Waals surface area contributed by atoms with Crippen LogP contribution in [0.1, 0.15) is 19.8 Å². The van der Waals surface area contributed by atoms with Gasteiger partial charge in [-0.15, -0.1) is 0 Å². The van der Waals surface area contributed by atoms with E-state index in [0.717, 1.165) is 6.04 Å². The summed E-state index contributed by atoms with van der Waals surface area (Å²) in [6.07, 6.45) is 3.29. The van der Waals surface area contributed by atoms with Gasteiger partial charge in [-0.25, -0.2) is 10.0 Å². The summed E-state index contributed by atoms with van der Waals surface area (Å²) in [5, 5.41) is 4.91. The minimum Gasteiger partial charge on any atom is -0.290 e. The largest absolute Gasteiger partial charge is 0.290 e. The molecule has 2 aliphatic heterocycles. The van der Waals surface area contributed by atoms with Crippen LogP contribution >= 0.6 is 0 Å². The Morgan fingerprint density at radius 2 is 1.83 bits per heavy atom. The van der Waals surface area contributed by atoms with Crippen LogP contribution in [0.3, 0.4) is 0 Å². The highest BCUT2D eigenvalue weighted by Gasteiger charge is 2.38. The van der Waals surface area contributed by atoms with Crippen LogP contribution in [0, 0.1) is 0 Å². The molecule has 0 radical (unpaired) electrons. The molecule has 2 heterocycles. The van der Waals surface area contributed by atoms with Gasteiger partial charge in [0.25, 0.3) is 0 Å². The Bertz CT molecular complexity index is 171. The summed E-state index contributed by atoms with van der Waals surface area (Å²) in [6, 6.07) is 0.735. The van der Waals surface area contributed by atoms with Crippen molar-refractivity contribution in [1.82, 2.24) is 14.9 Å². The molecule has 2 rings (SSSR count). The molecule has 3 heteroatoms. The second-order valence-corrected chi connectivity index (χ2v) is 4.15. The van der Waals surface area contributed by atoms with E-state index >= 15 is 0 Å². The lowest BCUT2D eigenvalue weighted by atomic mass is 10.1. The van der Waals surface area contributed by atoms with Gasteiger partial charge in [0, 0.05) is 26.2 Å². The summed E-state index contributed by atoms with van der Waals surface area (Å²) in [6.45, 7) is 4.82. The molecule has 0 aromatic carbocycles. The van der Waals surface area contributed by atoms with Crippen LogP contribution in [0.15, 0.2) is 0 Å². The van der Waals surface area contributed by atoms with E-state index < -0.39 is 0 Å². The first-order chi connectivity index (χ1) is 5.70. The fourth-order valence-electron chi connectivity index (χ4n) is 2.50. The highest BCUT2D eigenvalue weighted by molar-refractivity contribution is 4.85. The second-order valence-electron chi connectivity index (χ2n) is 4.15. The predicted octanol–water partition coefficient (Wildman–Crippen LogP) is 0.589. The first-order valence-corrected chi connectivity index (χ1v) is 4.90. The third-order valence-electron chi connectivity index (χ3n) is 3.27. The number of nitrogens with zero attached hydrogens (tertiary/aromatic N) is 3. The minimum atomic E-state index is 0.679. The molecular weight excluding hydrogens is 150 g/mol. The van der Waals surface area contributed by atoms with Crippen molar-refractivity contribution in [3.63, 3.8) is 0 Å². The van der Waals surface area contributed by atoms with E-state index in [1.165, 1.54) is 25.9 Å². The first kappa shape index (κ1) is 8.48. The lowest BCUT2D eigenvalue weighted by Gasteiger charge is -2.44. The highest BCUT2D eigenvalue weighted by Crippen LogP contribution is 2.27. The zero-order chi connectivity index (χ0) is 8.72. The van der Waals surface area contributed by atoms with Gasteiger partial charge in [0.2, 0.25) is 0 Å². The van der Waals surface area contributed by atoms with Crippen LogP contribution in [-0.4, -0.2) is 54.3 Å². The van der Waals surface area contributed by atoms with Gasteiger partial charge < -0.3 is 0 Å². The maximum atomic E-state index is 2.53. The Labute approximate surface area is 74.9 Å². The van der Waals surface area contributed by atoms with Crippen molar-refractivity contribution in [2.24, 2.45) is 0 Å². The number of hydrazine groups is 1. The maximum absolute atomic E-state index is 2.53. The van der Waals surface area contributed by atoms with Crippen molar-refractivity contribution in [2.75, 3.05) is 27.2 Å². The number of hydrogen-bond donors (Lipinski definition) is 0. The van der Waals surface area contributed by atoms with Gasteiger partial charge in [0.1, 0.15) is 0 Å². The van der Waals surface area contributed by atoms with E-state index in [9.17, 15) is 0 Å². The summed E-state index contributed by atoms with van der Waals surface area (Å²) in [5.74, 6) is 0. The average Bonchev–Trinajstić information content (AvgIpc) is 2.42. The molecule has 0 aromatic rings. The van der Waals surface area contributed by atoms with Gasteiger partial charge in [-0.3, -0.25) is 4.90 Å². The van der Waals surface area contributed by atoms with Crippen LogP contribution in [0.2, 0.25) is 0 Å². The molecule has 12 heavy (non-hydrogen) atoms. The monoisotopic (exact) mass is 169 g/mol. The molecule has 0 aliphatic carbocycles. The van der Waals surface area contributed by atoms with Gasteiger partial charge in [0.05, 0.1) is 6.17 Å². The summed E-state index contributed by atoms with van der Waals surface area (Å²) in [4.78, 5) is 2.48. The van der Waals surface area contributed by atoms with Gasteiger partial charge >= 0.3 is 0 Å². The molecule has 2 aliphatic rings. The van der Waals surface area contributed by atoms with Crippen molar-refractivity contribution in [2.45, 2.75) is 32.0 Å². The molecule has 2 unspecified atom stereocenters. The Balaban J connectivity index is 2.13. The van der Waals surface area contributed by atoms with Gasteiger partial charge in [-0.1, -0.05) is 0 Å². The fraction of sp³-hybridized carbons (Fsp3) is 1.00. The first-order valence-electron chi connectivity index (χ1n) is 4.90. The van der Waals surface area contributed by atoms with Crippen molar-refractivity contribution < 1.29 is 0 Å². The number of rotatable bonds is 0. The summed E-state index contributed by atoms with van der Waals surface area (Å²) in [7, 11) is 4.44. The van der Waals surface area contributed by atoms with E-state index in [4.69, 9.17) is 0 Å². The molecule has 3 nitrogen and oxygen atoms in total. The average molecular weight is 169 g/mol. The van der Waals surface area contributed by atoms with Crippen LogP contribution < -0.4 is 0 Å². The fourth-order valence-corrected chi connectivity index (χ4v) is 2.50. The normalized spacial score (nSPS) is 40.2. The Morgan fingerprint density at radius 3 is 2.50 bits per heavy atom. The molecule has 0 spiro atoms. The van der Waals surface area contributed by atoms with E-state index in [2.05, 4.69) is 35.9 Å². The van der Waals surface area contributed by atoms with Crippen molar-refractivity contribution >= 4 is 0 Å². The van der Waals surface area contributed by atoms with E-state index in [1.807, 2.05) is 0 Å². The molecule has 2 fully saturated rings. The van der Waals surface area contributed by atoms with Crippen LogP contribution in [0.4, 0.5) is 0 Å². The van der Waals surface area contributed by atoms with Crippen LogP contribution in [-0.2, 0) is 0 Å². The quantitative estimate of drug-likeness (QED) is 0.525. The lowest BCUT2D eigenvalue weighted by molar-refractivity contribution is -0.0948. The SMILES string of the molecule is CC1CCN(C)C2CCN(C)N12. The highest BCUT2D eigenvalue weighted by atomic mass is 15.7. The molecule has 70 valence electrons. The predicted molar refractivity (Wildman–Crippen MR) is 49.6 cm³/mol. The van der Waals surface area contributed by atoms with E-state index in [0.29, 0.717) is 6.17 Å². The van der Waals surface area contributed by atoms with Gasteiger partial charge in [0.15, 0.2) is 0 Å². The lowest BCUT2D eigenvalue weighted by Crippen LogP contribution is -2.56. The van der Waals surface area contributed by atoms with Crippen LogP contribution in [0.5, 0.6) is 0 Å². The Hall–Kier alpha value is -0.120. The molecule has 2 saturated heterocycles. The molecular formula is C9H19N3. The molecule has 0 aromatic heterocycles. The van der Waals surface area contributed by atoms with Crippen molar-refractivity contribution in [3.05, 3.63) is 0 Å². The van der Waals surface area contributed by atoms with Crippen molar-refractivity contribution in [1.29, 1.82) is 0 Å². The second kappa shape index (κ2) is 2.98. The summed E-state index contributed by atoms with van der Waals surface area (Å²) < 4.78 is 0. The Morgan fingerprint density at radius 1 is 1.08 bits per heavy atom. The zero-order valence-electron chi connectivity index (χ0n) is 8.32. The third-order valence-corrected chi connectivity index (χ3v) is 3.27. The molecule has 0 saturated carbocycles. The molecule has 0 amide bonds. The van der Waals surface area contributed by atoms with Gasteiger partial charge in [-0.05, 0) is 26.8 Å². The smallest absolute Gasteiger partial charge is 0.0773 e. The number of hydrogen-bond acceptors (Lipinski definition) is 3. The van der Waals surface area contributed by atoms with E-state index in [1.54, 1.807) is 0 Å². The maximum Gasteiger partial charge on any atom is 0.0773 e. The molecule has 0 bridgehead atoms. The topological polar surface area (TPSA) is 9.72 Å². The Kier molecular flexibility index (Phi) is 2.10. The van der Waals surface area contributed by atoms with Gasteiger partial charge in [-0.2, -0.15) is 0 Å². The van der Waals surface area contributed by atoms with E-state index in [-0.39, 0.29) is 0 Å². The summed E-state index contributed by atoms with van der Waals surface area (Å²) >= 11 is 0. The molecule has 0 N–H and O–H groups in total. The van der Waals surface area contributed by atoms with Crippen molar-refractivity contribution in [3.8, 4) is 0 Å². The summed E-state index contributed by atoms with van der Waals surface area (Å²) in [5.41, 5.74) is 0.